The predicted octanol–water partition coefficient (Wildman–Crippen LogP) is 3.96. The molecular formula is C24H24F3N7O3. The van der Waals surface area contributed by atoms with Gasteiger partial charge in [0, 0.05) is 35.9 Å². The Hall–Kier alpha value is -4.26. The molecule has 0 saturated carbocycles. The molecule has 194 valence electrons. The van der Waals surface area contributed by atoms with E-state index in [4.69, 9.17) is 14.9 Å². The number of amides is 1. The molecule has 1 unspecified atom stereocenters. The Kier molecular flexibility index (Phi) is 7.25. The van der Waals surface area contributed by atoms with Crippen molar-refractivity contribution in [3.05, 3.63) is 59.9 Å². The van der Waals surface area contributed by atoms with E-state index in [1.807, 2.05) is 6.92 Å². The van der Waals surface area contributed by atoms with Gasteiger partial charge in [0.25, 0.3) is 5.91 Å². The minimum atomic E-state index is -4.63. The van der Waals surface area contributed by atoms with E-state index in [2.05, 4.69) is 30.6 Å². The van der Waals surface area contributed by atoms with Crippen LogP contribution in [0.2, 0.25) is 0 Å². The van der Waals surface area contributed by atoms with Gasteiger partial charge in [0.05, 0.1) is 13.2 Å². The first-order valence-electron chi connectivity index (χ1n) is 11.2. The fraction of sp³-hybridized carbons (Fsp3) is 0.292. The van der Waals surface area contributed by atoms with Crippen LogP contribution >= 0.6 is 0 Å². The van der Waals surface area contributed by atoms with Crippen molar-refractivity contribution in [2.45, 2.75) is 32.1 Å². The van der Waals surface area contributed by atoms with Crippen molar-refractivity contribution in [1.29, 1.82) is 0 Å². The molecule has 10 nitrogen and oxygen atoms in total. The lowest BCUT2D eigenvalue weighted by Gasteiger charge is -2.14. The van der Waals surface area contributed by atoms with E-state index in [-0.39, 0.29) is 41.2 Å². The van der Waals surface area contributed by atoms with E-state index in [1.165, 1.54) is 19.2 Å². The smallest absolute Gasteiger partial charge is 0.433 e. The summed E-state index contributed by atoms with van der Waals surface area (Å²) in [6.45, 7) is 3.68. The fourth-order valence-electron chi connectivity index (χ4n) is 3.59. The van der Waals surface area contributed by atoms with Gasteiger partial charge < -0.3 is 25.5 Å². The van der Waals surface area contributed by atoms with Gasteiger partial charge >= 0.3 is 6.18 Å². The van der Waals surface area contributed by atoms with Crippen molar-refractivity contribution < 1.29 is 27.1 Å². The number of carbonyl (C=O) groups is 1. The number of anilines is 1. The van der Waals surface area contributed by atoms with E-state index in [9.17, 15) is 18.0 Å². The summed E-state index contributed by atoms with van der Waals surface area (Å²) in [5.74, 6) is 0.169. The molecule has 0 saturated heterocycles. The molecule has 0 bridgehead atoms. The molecule has 4 rings (SSSR count). The van der Waals surface area contributed by atoms with E-state index < -0.39 is 23.8 Å². The van der Waals surface area contributed by atoms with Gasteiger partial charge in [-0.05, 0) is 44.2 Å². The van der Waals surface area contributed by atoms with Crippen LogP contribution in [0.3, 0.4) is 0 Å². The first kappa shape index (κ1) is 25.8. The summed E-state index contributed by atoms with van der Waals surface area (Å²) in [5, 5.41) is 6.13. The van der Waals surface area contributed by atoms with Gasteiger partial charge in [-0.25, -0.2) is 19.9 Å². The number of alkyl halides is 3. The molecule has 0 fully saturated rings. The molecule has 4 N–H and O–H groups in total. The highest BCUT2D eigenvalue weighted by Gasteiger charge is 2.33. The maximum Gasteiger partial charge on any atom is 0.433 e. The topological polar surface area (TPSA) is 141 Å². The number of pyridine rings is 1. The molecule has 0 aliphatic rings. The SMILES string of the molecule is COc1ccc(-c2nc(C(=O)NCC(C)Nc3ncccn3)c([C@H](C)N)o2)c2ccc(C(F)(F)F)nc12. The molecule has 0 aliphatic heterocycles. The van der Waals surface area contributed by atoms with Gasteiger partial charge in [-0.1, -0.05) is 0 Å². The normalized spacial score (nSPS) is 13.3. The molecule has 37 heavy (non-hydrogen) atoms. The Morgan fingerprint density at radius 3 is 2.51 bits per heavy atom. The van der Waals surface area contributed by atoms with Crippen LogP contribution in [-0.4, -0.2) is 45.5 Å². The minimum absolute atomic E-state index is 0.00974. The lowest BCUT2D eigenvalue weighted by Crippen LogP contribution is -2.35. The van der Waals surface area contributed by atoms with Crippen LogP contribution in [-0.2, 0) is 6.18 Å². The Morgan fingerprint density at radius 2 is 1.86 bits per heavy atom. The van der Waals surface area contributed by atoms with Crippen molar-refractivity contribution in [2.24, 2.45) is 5.73 Å². The summed E-state index contributed by atoms with van der Waals surface area (Å²) in [6.07, 6.45) is -1.45. The van der Waals surface area contributed by atoms with Crippen LogP contribution in [0.25, 0.3) is 22.4 Å². The summed E-state index contributed by atoms with van der Waals surface area (Å²) in [4.78, 5) is 29.2. The Balaban J connectivity index is 1.64. The second-order valence-corrected chi connectivity index (χ2v) is 8.25. The van der Waals surface area contributed by atoms with E-state index in [1.54, 1.807) is 31.5 Å². The number of rotatable bonds is 8. The van der Waals surface area contributed by atoms with Gasteiger partial charge in [0.15, 0.2) is 11.5 Å². The number of aromatic nitrogens is 4. The van der Waals surface area contributed by atoms with Gasteiger partial charge in [0.2, 0.25) is 11.8 Å². The van der Waals surface area contributed by atoms with Crippen LogP contribution in [0.15, 0.2) is 47.1 Å². The van der Waals surface area contributed by atoms with Crippen molar-refractivity contribution >= 4 is 22.8 Å². The molecule has 1 aromatic carbocycles. The molecular weight excluding hydrogens is 491 g/mol. The van der Waals surface area contributed by atoms with E-state index in [0.717, 1.165) is 6.07 Å². The van der Waals surface area contributed by atoms with Crippen molar-refractivity contribution in [1.82, 2.24) is 25.3 Å². The zero-order valence-corrected chi connectivity index (χ0v) is 20.1. The number of nitrogens with two attached hydrogens (primary N) is 1. The number of hydrogen-bond acceptors (Lipinski definition) is 9. The second-order valence-electron chi connectivity index (χ2n) is 8.25. The number of methoxy groups -OCH3 is 1. The van der Waals surface area contributed by atoms with Crippen LogP contribution in [0.1, 0.15) is 41.8 Å². The average molecular weight is 515 g/mol. The summed E-state index contributed by atoms with van der Waals surface area (Å²) >= 11 is 0. The summed E-state index contributed by atoms with van der Waals surface area (Å²) in [6, 6.07) is 5.94. The maximum atomic E-state index is 13.3. The first-order valence-corrected chi connectivity index (χ1v) is 11.2. The second kappa shape index (κ2) is 10.4. The number of carbonyl (C=O) groups excluding carboxylic acids is 1. The number of oxazole rings is 1. The Labute approximate surface area is 209 Å². The highest BCUT2D eigenvalue weighted by Crippen LogP contribution is 2.37. The zero-order valence-electron chi connectivity index (χ0n) is 20.1. The van der Waals surface area contributed by atoms with Gasteiger partial charge in [-0.2, -0.15) is 13.2 Å². The number of nitrogens with one attached hydrogen (secondary N) is 2. The number of ether oxygens (including phenoxy) is 1. The lowest BCUT2D eigenvalue weighted by molar-refractivity contribution is -0.140. The monoisotopic (exact) mass is 515 g/mol. The maximum absolute atomic E-state index is 13.3. The van der Waals surface area contributed by atoms with Crippen LogP contribution in [0.4, 0.5) is 19.1 Å². The standard InChI is InChI=1S/C24H24F3N7O3/c1-12(32-23-29-9-4-10-30-23)11-31-21(35)19-20(13(2)28)37-22(34-19)15-5-7-16(36-3)18-14(15)6-8-17(33-18)24(25,26)27/h4-10,12-13H,11,28H2,1-3H3,(H,31,35)(H,29,30,32)/t12?,13-/m0/s1. The molecule has 0 radical (unpaired) electrons. The lowest BCUT2D eigenvalue weighted by atomic mass is 10.1. The van der Waals surface area contributed by atoms with E-state index >= 15 is 0 Å². The predicted molar refractivity (Wildman–Crippen MR) is 129 cm³/mol. The Bertz CT molecular complexity index is 1410. The number of fused-ring (bicyclic) bond motifs is 1. The quantitative estimate of drug-likeness (QED) is 0.318. The fourth-order valence-corrected chi connectivity index (χ4v) is 3.59. The molecule has 3 heterocycles. The third-order valence-electron chi connectivity index (χ3n) is 5.35. The summed E-state index contributed by atoms with van der Waals surface area (Å²) in [7, 11) is 1.33. The summed E-state index contributed by atoms with van der Waals surface area (Å²) < 4.78 is 50.8. The molecule has 0 aliphatic carbocycles. The molecule has 2 atom stereocenters. The Morgan fingerprint density at radius 1 is 1.14 bits per heavy atom. The third-order valence-corrected chi connectivity index (χ3v) is 5.35. The molecule has 13 heteroatoms. The number of nitrogens with zero attached hydrogens (tertiary/aromatic N) is 4. The van der Waals surface area contributed by atoms with Crippen LogP contribution in [0, 0.1) is 0 Å². The highest BCUT2D eigenvalue weighted by molar-refractivity contribution is 5.98. The van der Waals surface area contributed by atoms with Crippen molar-refractivity contribution in [3.63, 3.8) is 0 Å². The number of halogens is 3. The van der Waals surface area contributed by atoms with Gasteiger partial charge in [0.1, 0.15) is 17.0 Å². The zero-order chi connectivity index (χ0) is 26.7. The van der Waals surface area contributed by atoms with Crippen LogP contribution in [0.5, 0.6) is 5.75 Å². The summed E-state index contributed by atoms with van der Waals surface area (Å²) in [5.41, 5.74) is 5.23. The first-order chi connectivity index (χ1) is 17.6. The highest BCUT2D eigenvalue weighted by atomic mass is 19.4. The average Bonchev–Trinajstić information content (AvgIpc) is 3.32. The minimum Gasteiger partial charge on any atom is -0.494 e. The molecule has 3 aromatic heterocycles. The molecule has 0 spiro atoms. The largest absolute Gasteiger partial charge is 0.494 e. The molecule has 1 amide bonds. The van der Waals surface area contributed by atoms with Crippen molar-refractivity contribution in [2.75, 3.05) is 19.0 Å². The van der Waals surface area contributed by atoms with Crippen molar-refractivity contribution in [3.8, 4) is 17.2 Å². The number of benzene rings is 1. The van der Waals surface area contributed by atoms with Crippen LogP contribution < -0.4 is 21.1 Å². The number of hydrogen-bond donors (Lipinski definition) is 3. The van der Waals surface area contributed by atoms with Gasteiger partial charge in [-0.3, -0.25) is 4.79 Å². The van der Waals surface area contributed by atoms with E-state index in [0.29, 0.717) is 16.9 Å². The molecule has 4 aromatic rings. The third kappa shape index (κ3) is 5.61. The van der Waals surface area contributed by atoms with Gasteiger partial charge in [-0.15, -0.1) is 0 Å².